The van der Waals surface area contributed by atoms with Gasteiger partial charge in [-0.2, -0.15) is 15.1 Å². The van der Waals surface area contributed by atoms with Crippen molar-refractivity contribution in [2.45, 2.75) is 37.6 Å². The highest BCUT2D eigenvalue weighted by Gasteiger charge is 2.35. The summed E-state index contributed by atoms with van der Waals surface area (Å²) in [6, 6.07) is 13.7. The summed E-state index contributed by atoms with van der Waals surface area (Å²) in [5.41, 5.74) is 1.84. The number of hydrogen-bond donors (Lipinski definition) is 1. The first-order valence-corrected chi connectivity index (χ1v) is 11.0. The third kappa shape index (κ3) is 4.72. The van der Waals surface area contributed by atoms with E-state index in [1.807, 2.05) is 48.7 Å². The van der Waals surface area contributed by atoms with E-state index >= 15 is 0 Å². The van der Waals surface area contributed by atoms with Gasteiger partial charge in [0, 0.05) is 49.8 Å². The average Bonchev–Trinajstić information content (AvgIpc) is 3.32. The Bertz CT molecular complexity index is 1040. The van der Waals surface area contributed by atoms with Gasteiger partial charge in [0.05, 0.1) is 18.9 Å². The van der Waals surface area contributed by atoms with Gasteiger partial charge in [0.25, 0.3) is 5.95 Å². The zero-order valence-electron chi connectivity index (χ0n) is 17.8. The minimum absolute atomic E-state index is 0.0348. The summed E-state index contributed by atoms with van der Waals surface area (Å²) < 4.78 is 34.3. The fourth-order valence-electron chi connectivity index (χ4n) is 4.14. The Morgan fingerprint density at radius 3 is 2.50 bits per heavy atom. The quantitative estimate of drug-likeness (QED) is 0.643. The van der Waals surface area contributed by atoms with Crippen LogP contribution in [-0.2, 0) is 4.74 Å². The van der Waals surface area contributed by atoms with Crippen LogP contribution in [0.15, 0.2) is 48.7 Å². The number of nitrogens with zero attached hydrogens (tertiary/aromatic N) is 5. The Morgan fingerprint density at radius 1 is 1.00 bits per heavy atom. The molecule has 5 rings (SSSR count). The maximum Gasteiger partial charge on any atom is 0.254 e. The van der Waals surface area contributed by atoms with Crippen LogP contribution in [0.3, 0.4) is 0 Å². The number of nitrogens with one attached hydrogen (secondary N) is 1. The Balaban J connectivity index is 1.44. The number of morpholine rings is 1. The lowest BCUT2D eigenvalue weighted by atomic mass is 9.92. The summed E-state index contributed by atoms with van der Waals surface area (Å²) in [7, 11) is 0. The van der Waals surface area contributed by atoms with E-state index in [0.717, 1.165) is 30.2 Å². The van der Waals surface area contributed by atoms with Crippen molar-refractivity contribution in [1.29, 1.82) is 0 Å². The molecule has 0 bridgehead atoms. The van der Waals surface area contributed by atoms with E-state index in [-0.39, 0.29) is 18.9 Å². The van der Waals surface area contributed by atoms with Crippen LogP contribution in [0.2, 0.25) is 0 Å². The molecule has 7 nitrogen and oxygen atoms in total. The Labute approximate surface area is 185 Å². The molecule has 0 atom stereocenters. The highest BCUT2D eigenvalue weighted by molar-refractivity contribution is 5.59. The van der Waals surface area contributed by atoms with Gasteiger partial charge in [-0.3, -0.25) is 0 Å². The zero-order chi connectivity index (χ0) is 22.0. The Morgan fingerprint density at radius 2 is 1.75 bits per heavy atom. The summed E-state index contributed by atoms with van der Waals surface area (Å²) in [4.78, 5) is 11.6. The van der Waals surface area contributed by atoms with E-state index in [9.17, 15) is 8.78 Å². The van der Waals surface area contributed by atoms with Crippen molar-refractivity contribution in [1.82, 2.24) is 19.7 Å². The molecule has 2 aliphatic rings. The van der Waals surface area contributed by atoms with Crippen molar-refractivity contribution in [3.05, 3.63) is 48.7 Å². The van der Waals surface area contributed by atoms with Gasteiger partial charge in [-0.05, 0) is 18.9 Å². The molecule has 1 saturated carbocycles. The molecule has 32 heavy (non-hydrogen) atoms. The van der Waals surface area contributed by atoms with E-state index in [0.29, 0.717) is 37.8 Å². The number of benzene rings is 1. The van der Waals surface area contributed by atoms with Crippen LogP contribution in [0.4, 0.5) is 20.4 Å². The third-order valence-electron chi connectivity index (χ3n) is 5.97. The van der Waals surface area contributed by atoms with Gasteiger partial charge >= 0.3 is 0 Å². The number of rotatable bonds is 5. The van der Waals surface area contributed by atoms with Gasteiger partial charge in [0.1, 0.15) is 11.6 Å². The summed E-state index contributed by atoms with van der Waals surface area (Å²) >= 11 is 0. The van der Waals surface area contributed by atoms with Gasteiger partial charge in [0.15, 0.2) is 0 Å². The van der Waals surface area contributed by atoms with E-state index in [4.69, 9.17) is 9.72 Å². The molecular weight excluding hydrogens is 414 g/mol. The summed E-state index contributed by atoms with van der Waals surface area (Å²) in [5, 5.41) is 8.03. The Hall–Kier alpha value is -3.07. The number of hydrogen-bond acceptors (Lipinski definition) is 6. The van der Waals surface area contributed by atoms with Gasteiger partial charge in [-0.1, -0.05) is 30.3 Å². The second kappa shape index (κ2) is 8.82. The monoisotopic (exact) mass is 440 g/mol. The largest absolute Gasteiger partial charge is 0.378 e. The SMILES string of the molecule is FC1(F)CCC(Nc2cc(N3CCOCC3)nc(-n3ccc(-c4ccccc4)n3)n2)CC1. The highest BCUT2D eigenvalue weighted by atomic mass is 19.3. The second-order valence-electron chi connectivity index (χ2n) is 8.30. The molecule has 0 radical (unpaired) electrons. The van der Waals surface area contributed by atoms with Gasteiger partial charge in [-0.15, -0.1) is 0 Å². The van der Waals surface area contributed by atoms with Crippen LogP contribution in [0.25, 0.3) is 17.2 Å². The molecule has 3 heterocycles. The summed E-state index contributed by atoms with van der Waals surface area (Å²) in [6.07, 6.45) is 2.47. The van der Waals surface area contributed by atoms with Crippen LogP contribution in [0.1, 0.15) is 25.7 Å². The number of aromatic nitrogens is 4. The molecular formula is C23H26F2N6O. The van der Waals surface area contributed by atoms with E-state index in [2.05, 4.69) is 20.3 Å². The molecule has 1 N–H and O–H groups in total. The molecule has 0 unspecified atom stereocenters. The number of ether oxygens (including phenoxy) is 1. The van der Waals surface area contributed by atoms with Crippen molar-refractivity contribution in [3.8, 4) is 17.2 Å². The van der Waals surface area contributed by atoms with Crippen LogP contribution in [-0.4, -0.2) is 58.0 Å². The molecule has 1 saturated heterocycles. The molecule has 3 aromatic rings. The number of alkyl halides is 2. The van der Waals surface area contributed by atoms with Crippen molar-refractivity contribution >= 4 is 11.6 Å². The molecule has 0 amide bonds. The summed E-state index contributed by atoms with van der Waals surface area (Å²) in [5.74, 6) is -0.710. The molecule has 1 aliphatic carbocycles. The van der Waals surface area contributed by atoms with Crippen LogP contribution >= 0.6 is 0 Å². The van der Waals surface area contributed by atoms with Gasteiger partial charge in [-0.25, -0.2) is 13.5 Å². The van der Waals surface area contributed by atoms with Crippen LogP contribution < -0.4 is 10.2 Å². The fraction of sp³-hybridized carbons (Fsp3) is 0.435. The molecule has 168 valence electrons. The number of halogens is 2. The lowest BCUT2D eigenvalue weighted by molar-refractivity contribution is -0.0361. The smallest absolute Gasteiger partial charge is 0.254 e. The summed E-state index contributed by atoms with van der Waals surface area (Å²) in [6.45, 7) is 2.75. The molecule has 1 aromatic carbocycles. The first-order valence-electron chi connectivity index (χ1n) is 11.0. The molecule has 9 heteroatoms. The molecule has 1 aliphatic heterocycles. The van der Waals surface area contributed by atoms with Crippen LogP contribution in [0.5, 0.6) is 0 Å². The number of anilines is 2. The standard InChI is InChI=1S/C23H26F2N6O/c24-23(25)9-6-18(7-10-23)26-20-16-21(30-12-14-32-15-13-30)28-22(27-20)31-11-8-19(29-31)17-4-2-1-3-5-17/h1-5,8,11,16,18H,6-7,9-10,12-15H2,(H,26,27,28). The molecule has 2 aromatic heterocycles. The Kier molecular flexibility index (Phi) is 5.73. The lowest BCUT2D eigenvalue weighted by Gasteiger charge is -2.30. The predicted molar refractivity (Wildman–Crippen MR) is 118 cm³/mol. The van der Waals surface area contributed by atoms with Crippen LogP contribution in [0, 0.1) is 0 Å². The van der Waals surface area contributed by atoms with Crippen molar-refractivity contribution in [3.63, 3.8) is 0 Å². The lowest BCUT2D eigenvalue weighted by Crippen LogP contribution is -2.37. The molecule has 0 spiro atoms. The first kappa shape index (κ1) is 20.8. The highest BCUT2D eigenvalue weighted by Crippen LogP contribution is 2.34. The second-order valence-corrected chi connectivity index (χ2v) is 8.30. The van der Waals surface area contributed by atoms with Gasteiger partial charge in [0.2, 0.25) is 5.92 Å². The van der Waals surface area contributed by atoms with Crippen molar-refractivity contribution in [2.24, 2.45) is 0 Å². The average molecular weight is 440 g/mol. The van der Waals surface area contributed by atoms with Gasteiger partial charge < -0.3 is 15.0 Å². The maximum atomic E-state index is 13.6. The maximum absolute atomic E-state index is 13.6. The minimum Gasteiger partial charge on any atom is -0.378 e. The molecule has 2 fully saturated rings. The van der Waals surface area contributed by atoms with E-state index in [1.54, 1.807) is 4.68 Å². The van der Waals surface area contributed by atoms with Crippen molar-refractivity contribution < 1.29 is 13.5 Å². The predicted octanol–water partition coefficient (Wildman–Crippen LogP) is 4.16. The zero-order valence-corrected chi connectivity index (χ0v) is 17.8. The minimum atomic E-state index is -2.56. The van der Waals surface area contributed by atoms with E-state index in [1.165, 1.54) is 0 Å². The van der Waals surface area contributed by atoms with Crippen molar-refractivity contribution in [2.75, 3.05) is 36.5 Å². The topological polar surface area (TPSA) is 68.1 Å². The third-order valence-corrected chi connectivity index (χ3v) is 5.97. The first-order chi connectivity index (χ1) is 15.6. The van der Waals surface area contributed by atoms with E-state index < -0.39 is 5.92 Å². The normalized spacial score (nSPS) is 19.1. The fourth-order valence-corrected chi connectivity index (χ4v) is 4.14.